The van der Waals surface area contributed by atoms with Crippen LogP contribution in [-0.4, -0.2) is 31.4 Å². The van der Waals surface area contributed by atoms with Crippen molar-refractivity contribution in [1.82, 2.24) is 0 Å². The first-order chi connectivity index (χ1) is 9.15. The number of carbonyl (C=O) groups excluding carboxylic acids is 1. The number of aliphatic hydroxyl groups excluding tert-OH is 1. The van der Waals surface area contributed by atoms with Gasteiger partial charge in [-0.15, -0.1) is 0 Å². The molecule has 0 bridgehead atoms. The van der Waals surface area contributed by atoms with Gasteiger partial charge in [-0.25, -0.2) is 4.79 Å². The number of rotatable bonds is 3. The van der Waals surface area contributed by atoms with Crippen molar-refractivity contribution >= 4 is 5.97 Å². The number of hydrogen-bond donors (Lipinski definition) is 1. The zero-order valence-corrected chi connectivity index (χ0v) is 11.1. The number of carbonyl (C=O) groups is 1. The van der Waals surface area contributed by atoms with E-state index in [9.17, 15) is 9.90 Å². The quantitative estimate of drug-likeness (QED) is 0.847. The fourth-order valence-corrected chi connectivity index (χ4v) is 2.41. The third kappa shape index (κ3) is 2.96. The van der Waals surface area contributed by atoms with E-state index < -0.39 is 6.10 Å². The summed E-state index contributed by atoms with van der Waals surface area (Å²) in [6, 6.07) is 7.63. The minimum absolute atomic E-state index is 0.0262. The Labute approximate surface area is 112 Å². The van der Waals surface area contributed by atoms with E-state index in [4.69, 9.17) is 9.47 Å². The number of ether oxygens (including phenoxy) is 2. The summed E-state index contributed by atoms with van der Waals surface area (Å²) in [7, 11) is 2.97. The highest BCUT2D eigenvalue weighted by Crippen LogP contribution is 2.35. The second-order valence-corrected chi connectivity index (χ2v) is 4.58. The normalized spacial score (nSPS) is 22.6. The molecule has 1 aromatic rings. The maximum absolute atomic E-state index is 11.8. The fraction of sp³-hybridized carbons (Fsp3) is 0.400. The van der Waals surface area contributed by atoms with E-state index in [1.807, 2.05) is 24.3 Å². The lowest BCUT2D eigenvalue weighted by atomic mass is 9.81. The maximum atomic E-state index is 11.8. The zero-order valence-electron chi connectivity index (χ0n) is 11.1. The van der Waals surface area contributed by atoms with Crippen LogP contribution < -0.4 is 4.74 Å². The average Bonchev–Trinajstić information content (AvgIpc) is 2.46. The van der Waals surface area contributed by atoms with Crippen molar-refractivity contribution in [3.63, 3.8) is 0 Å². The smallest absolute Gasteiger partial charge is 0.334 e. The lowest BCUT2D eigenvalue weighted by Gasteiger charge is -2.25. The van der Waals surface area contributed by atoms with E-state index in [0.717, 1.165) is 17.7 Å². The number of aliphatic hydroxyl groups is 1. The summed E-state index contributed by atoms with van der Waals surface area (Å²) in [5.74, 6) is 0.379. The number of hydrogen-bond acceptors (Lipinski definition) is 4. The molecular weight excluding hydrogens is 244 g/mol. The molecule has 19 heavy (non-hydrogen) atoms. The number of benzene rings is 1. The third-order valence-corrected chi connectivity index (χ3v) is 3.44. The zero-order chi connectivity index (χ0) is 13.8. The van der Waals surface area contributed by atoms with Crippen LogP contribution in [0.2, 0.25) is 0 Å². The molecule has 0 aromatic heterocycles. The number of esters is 1. The number of methoxy groups -OCH3 is 2. The molecule has 0 spiro atoms. The van der Waals surface area contributed by atoms with Gasteiger partial charge in [-0.3, -0.25) is 0 Å². The predicted molar refractivity (Wildman–Crippen MR) is 71.1 cm³/mol. The Bertz CT molecular complexity index is 475. The molecule has 0 fully saturated rings. The molecule has 1 aliphatic carbocycles. The van der Waals surface area contributed by atoms with Crippen molar-refractivity contribution in [2.24, 2.45) is 0 Å². The SMILES string of the molecule is COC(=O)C1=CC(O)CCC1c1ccc(OC)cc1. The van der Waals surface area contributed by atoms with Crippen LogP contribution in [0, 0.1) is 0 Å². The first kappa shape index (κ1) is 13.6. The molecule has 4 nitrogen and oxygen atoms in total. The highest BCUT2D eigenvalue weighted by atomic mass is 16.5. The Morgan fingerprint density at radius 1 is 1.21 bits per heavy atom. The molecule has 102 valence electrons. The van der Waals surface area contributed by atoms with Crippen LogP contribution in [-0.2, 0) is 9.53 Å². The van der Waals surface area contributed by atoms with E-state index in [-0.39, 0.29) is 11.9 Å². The Kier molecular flexibility index (Phi) is 4.22. The van der Waals surface area contributed by atoms with Crippen LogP contribution in [0.4, 0.5) is 0 Å². The van der Waals surface area contributed by atoms with E-state index in [1.165, 1.54) is 7.11 Å². The molecule has 0 saturated heterocycles. The van der Waals surface area contributed by atoms with E-state index >= 15 is 0 Å². The molecular formula is C15H18O4. The van der Waals surface area contributed by atoms with E-state index in [2.05, 4.69) is 0 Å². The molecule has 2 atom stereocenters. The van der Waals surface area contributed by atoms with Crippen LogP contribution in [0.3, 0.4) is 0 Å². The van der Waals surface area contributed by atoms with Crippen molar-refractivity contribution < 1.29 is 19.4 Å². The van der Waals surface area contributed by atoms with Gasteiger partial charge in [-0.05, 0) is 36.6 Å². The van der Waals surface area contributed by atoms with Gasteiger partial charge in [0.05, 0.1) is 20.3 Å². The van der Waals surface area contributed by atoms with Crippen molar-refractivity contribution in [2.45, 2.75) is 24.9 Å². The Morgan fingerprint density at radius 3 is 2.47 bits per heavy atom. The van der Waals surface area contributed by atoms with Gasteiger partial charge in [0, 0.05) is 11.5 Å². The first-order valence-corrected chi connectivity index (χ1v) is 6.27. The van der Waals surface area contributed by atoms with Crippen LogP contribution >= 0.6 is 0 Å². The second-order valence-electron chi connectivity index (χ2n) is 4.58. The fourth-order valence-electron chi connectivity index (χ4n) is 2.41. The average molecular weight is 262 g/mol. The van der Waals surface area contributed by atoms with Crippen LogP contribution in [0.1, 0.15) is 24.3 Å². The van der Waals surface area contributed by atoms with E-state index in [1.54, 1.807) is 13.2 Å². The van der Waals surface area contributed by atoms with Gasteiger partial charge in [-0.1, -0.05) is 12.1 Å². The molecule has 0 heterocycles. The van der Waals surface area contributed by atoms with Gasteiger partial charge in [0.25, 0.3) is 0 Å². The Morgan fingerprint density at radius 2 is 1.89 bits per heavy atom. The third-order valence-electron chi connectivity index (χ3n) is 3.44. The molecule has 0 amide bonds. The van der Waals surface area contributed by atoms with Gasteiger partial charge in [0.15, 0.2) is 0 Å². The van der Waals surface area contributed by atoms with Crippen molar-refractivity contribution in [2.75, 3.05) is 14.2 Å². The summed E-state index contributed by atoms with van der Waals surface area (Å²) in [5.41, 5.74) is 1.57. The maximum Gasteiger partial charge on any atom is 0.334 e. The largest absolute Gasteiger partial charge is 0.497 e. The molecule has 2 rings (SSSR count). The highest BCUT2D eigenvalue weighted by Gasteiger charge is 2.28. The Balaban J connectivity index is 2.30. The van der Waals surface area contributed by atoms with Gasteiger partial charge >= 0.3 is 5.97 Å². The summed E-state index contributed by atoms with van der Waals surface area (Å²) in [6.07, 6.45) is 2.42. The van der Waals surface area contributed by atoms with Crippen molar-refractivity contribution in [3.05, 3.63) is 41.5 Å². The minimum Gasteiger partial charge on any atom is -0.497 e. The summed E-state index contributed by atoms with van der Waals surface area (Å²) >= 11 is 0. The molecule has 1 aromatic carbocycles. The lowest BCUT2D eigenvalue weighted by molar-refractivity contribution is -0.136. The summed E-state index contributed by atoms with van der Waals surface area (Å²) in [6.45, 7) is 0. The highest BCUT2D eigenvalue weighted by molar-refractivity contribution is 5.90. The monoisotopic (exact) mass is 262 g/mol. The van der Waals surface area contributed by atoms with Gasteiger partial charge in [-0.2, -0.15) is 0 Å². The molecule has 4 heteroatoms. The van der Waals surface area contributed by atoms with Crippen molar-refractivity contribution in [3.8, 4) is 5.75 Å². The summed E-state index contributed by atoms with van der Waals surface area (Å²) in [5, 5.41) is 9.67. The Hall–Kier alpha value is -1.81. The molecule has 0 saturated carbocycles. The van der Waals surface area contributed by atoms with Crippen LogP contribution in [0.25, 0.3) is 0 Å². The van der Waals surface area contributed by atoms with Crippen molar-refractivity contribution in [1.29, 1.82) is 0 Å². The topological polar surface area (TPSA) is 55.8 Å². The second kappa shape index (κ2) is 5.89. The summed E-state index contributed by atoms with van der Waals surface area (Å²) < 4.78 is 9.91. The molecule has 2 unspecified atom stereocenters. The van der Waals surface area contributed by atoms with Crippen LogP contribution in [0.5, 0.6) is 5.75 Å². The van der Waals surface area contributed by atoms with Gasteiger partial charge in [0.1, 0.15) is 5.75 Å². The van der Waals surface area contributed by atoms with Gasteiger partial charge in [0.2, 0.25) is 0 Å². The molecule has 1 N–H and O–H groups in total. The summed E-state index contributed by atoms with van der Waals surface area (Å²) in [4.78, 5) is 11.8. The standard InChI is InChI=1S/C15H18O4/c1-18-12-6-3-10(4-7-12)13-8-5-11(16)9-14(13)15(17)19-2/h3-4,6-7,9,11,13,16H,5,8H2,1-2H3. The minimum atomic E-state index is -0.566. The lowest BCUT2D eigenvalue weighted by Crippen LogP contribution is -2.22. The first-order valence-electron chi connectivity index (χ1n) is 6.27. The molecule has 1 aliphatic rings. The van der Waals surface area contributed by atoms with Gasteiger partial charge < -0.3 is 14.6 Å². The molecule has 0 aliphatic heterocycles. The van der Waals surface area contributed by atoms with E-state index in [0.29, 0.717) is 12.0 Å². The van der Waals surface area contributed by atoms with Crippen LogP contribution in [0.15, 0.2) is 35.9 Å². The molecule has 0 radical (unpaired) electrons. The predicted octanol–water partition coefficient (Wildman–Crippen LogP) is 2.03.